The highest BCUT2D eigenvalue weighted by molar-refractivity contribution is 5.59. The highest BCUT2D eigenvalue weighted by atomic mass is 19.1. The van der Waals surface area contributed by atoms with Crippen molar-refractivity contribution in [3.05, 3.63) is 53.5 Å². The maximum atomic E-state index is 13.0. The Morgan fingerprint density at radius 2 is 1.90 bits per heavy atom. The summed E-state index contributed by atoms with van der Waals surface area (Å²) in [5.74, 6) is 0.661. The Balaban J connectivity index is 2.34. The van der Waals surface area contributed by atoms with Crippen molar-refractivity contribution in [2.75, 3.05) is 19.0 Å². The number of hydrogen-bond acceptors (Lipinski definition) is 3. The molecule has 0 amide bonds. The van der Waals surface area contributed by atoms with Crippen LogP contribution in [-0.4, -0.2) is 19.1 Å². The minimum atomic E-state index is -0.226. The third-order valence-corrected chi connectivity index (χ3v) is 3.37. The lowest BCUT2D eigenvalue weighted by atomic mass is 10.1. The van der Waals surface area contributed by atoms with Crippen LogP contribution in [0.25, 0.3) is 0 Å². The van der Waals surface area contributed by atoms with Crippen molar-refractivity contribution in [2.45, 2.75) is 26.3 Å². The summed E-state index contributed by atoms with van der Waals surface area (Å²) < 4.78 is 13.0. The Hall–Kier alpha value is -1.94. The summed E-state index contributed by atoms with van der Waals surface area (Å²) in [6, 6.07) is 10.7. The third-order valence-electron chi connectivity index (χ3n) is 3.37. The fourth-order valence-electron chi connectivity index (χ4n) is 2.29. The van der Waals surface area contributed by atoms with Gasteiger partial charge in [0.15, 0.2) is 0 Å². The fraction of sp³-hybridized carbons (Fsp3) is 0.353. The SMILES string of the molecule is CCCc1cc(CNC)cc(N(C)c2ccc(F)cc2)n1. The van der Waals surface area contributed by atoms with Gasteiger partial charge in [0, 0.05) is 25.0 Å². The molecule has 0 unspecified atom stereocenters. The van der Waals surface area contributed by atoms with E-state index in [2.05, 4.69) is 24.4 Å². The first-order valence-corrected chi connectivity index (χ1v) is 7.27. The third kappa shape index (κ3) is 4.02. The molecule has 0 aliphatic carbocycles. The van der Waals surface area contributed by atoms with Crippen LogP contribution in [0, 0.1) is 5.82 Å². The number of aromatic nitrogens is 1. The molecule has 1 heterocycles. The Morgan fingerprint density at radius 3 is 2.52 bits per heavy atom. The number of halogens is 1. The zero-order chi connectivity index (χ0) is 15.2. The van der Waals surface area contributed by atoms with Gasteiger partial charge in [0.05, 0.1) is 0 Å². The smallest absolute Gasteiger partial charge is 0.133 e. The van der Waals surface area contributed by atoms with Gasteiger partial charge in [-0.15, -0.1) is 0 Å². The van der Waals surface area contributed by atoms with Gasteiger partial charge in [-0.3, -0.25) is 0 Å². The minimum Gasteiger partial charge on any atom is -0.329 e. The number of nitrogens with zero attached hydrogens (tertiary/aromatic N) is 2. The standard InChI is InChI=1S/C17H22FN3/c1-4-5-15-10-13(12-19-2)11-17(20-15)21(3)16-8-6-14(18)7-9-16/h6-11,19H,4-5,12H2,1-3H3. The van der Waals surface area contributed by atoms with E-state index in [9.17, 15) is 4.39 Å². The Kier molecular flexibility index (Phi) is 5.28. The van der Waals surface area contributed by atoms with Gasteiger partial charge in [-0.2, -0.15) is 0 Å². The normalized spacial score (nSPS) is 10.7. The maximum Gasteiger partial charge on any atom is 0.133 e. The predicted octanol–water partition coefficient (Wildman–Crippen LogP) is 3.66. The van der Waals surface area contributed by atoms with Gasteiger partial charge in [-0.25, -0.2) is 9.37 Å². The van der Waals surface area contributed by atoms with Crippen LogP contribution in [0.4, 0.5) is 15.9 Å². The van der Waals surface area contributed by atoms with Gasteiger partial charge >= 0.3 is 0 Å². The second kappa shape index (κ2) is 7.18. The molecule has 0 aliphatic rings. The number of benzene rings is 1. The average molecular weight is 287 g/mol. The van der Waals surface area contributed by atoms with E-state index in [4.69, 9.17) is 4.98 Å². The van der Waals surface area contributed by atoms with Gasteiger partial charge in [0.25, 0.3) is 0 Å². The van der Waals surface area contributed by atoms with Gasteiger partial charge in [0.1, 0.15) is 11.6 Å². The van der Waals surface area contributed by atoms with E-state index in [-0.39, 0.29) is 5.82 Å². The summed E-state index contributed by atoms with van der Waals surface area (Å²) in [4.78, 5) is 6.69. The van der Waals surface area contributed by atoms with Crippen molar-refractivity contribution in [1.82, 2.24) is 10.3 Å². The molecule has 2 rings (SSSR count). The maximum absolute atomic E-state index is 13.0. The molecule has 4 heteroatoms. The molecule has 3 nitrogen and oxygen atoms in total. The monoisotopic (exact) mass is 287 g/mol. The number of nitrogens with one attached hydrogen (secondary N) is 1. The molecule has 1 aromatic carbocycles. The molecule has 0 bridgehead atoms. The van der Waals surface area contributed by atoms with Crippen LogP contribution in [0.5, 0.6) is 0 Å². The highest BCUT2D eigenvalue weighted by Crippen LogP contribution is 2.23. The van der Waals surface area contributed by atoms with Crippen molar-refractivity contribution in [1.29, 1.82) is 0 Å². The number of pyridine rings is 1. The van der Waals surface area contributed by atoms with E-state index >= 15 is 0 Å². The van der Waals surface area contributed by atoms with Gasteiger partial charge in [-0.1, -0.05) is 13.3 Å². The molecule has 112 valence electrons. The van der Waals surface area contributed by atoms with E-state index < -0.39 is 0 Å². The largest absolute Gasteiger partial charge is 0.329 e. The van der Waals surface area contributed by atoms with Crippen LogP contribution in [0.15, 0.2) is 36.4 Å². The van der Waals surface area contributed by atoms with Crippen LogP contribution in [0.2, 0.25) is 0 Å². The van der Waals surface area contributed by atoms with E-state index in [1.165, 1.54) is 17.7 Å². The lowest BCUT2D eigenvalue weighted by molar-refractivity contribution is 0.628. The van der Waals surface area contributed by atoms with Crippen LogP contribution < -0.4 is 10.2 Å². The average Bonchev–Trinajstić information content (AvgIpc) is 2.48. The summed E-state index contributed by atoms with van der Waals surface area (Å²) >= 11 is 0. The summed E-state index contributed by atoms with van der Waals surface area (Å²) in [5, 5.41) is 3.17. The van der Waals surface area contributed by atoms with Crippen LogP contribution in [-0.2, 0) is 13.0 Å². The summed E-state index contributed by atoms with van der Waals surface area (Å²) in [6.45, 7) is 2.96. The lowest BCUT2D eigenvalue weighted by Gasteiger charge is -2.20. The molecule has 1 aromatic heterocycles. The fourth-order valence-corrected chi connectivity index (χ4v) is 2.29. The topological polar surface area (TPSA) is 28.2 Å². The quantitative estimate of drug-likeness (QED) is 0.879. The van der Waals surface area contributed by atoms with E-state index in [1.54, 1.807) is 12.1 Å². The zero-order valence-corrected chi connectivity index (χ0v) is 12.9. The zero-order valence-electron chi connectivity index (χ0n) is 12.9. The molecular formula is C17H22FN3. The number of anilines is 2. The predicted molar refractivity (Wildman–Crippen MR) is 85.5 cm³/mol. The first-order chi connectivity index (χ1) is 10.1. The number of rotatable bonds is 6. The van der Waals surface area contributed by atoms with E-state index in [1.807, 2.05) is 19.0 Å². The van der Waals surface area contributed by atoms with Gasteiger partial charge in [-0.05, 0) is 55.4 Å². The molecule has 0 aliphatic heterocycles. The number of aryl methyl sites for hydroxylation is 1. The molecule has 0 atom stereocenters. The minimum absolute atomic E-state index is 0.226. The highest BCUT2D eigenvalue weighted by Gasteiger charge is 2.09. The first kappa shape index (κ1) is 15.4. The van der Waals surface area contributed by atoms with Gasteiger partial charge in [0.2, 0.25) is 0 Å². The van der Waals surface area contributed by atoms with Crippen molar-refractivity contribution < 1.29 is 4.39 Å². The van der Waals surface area contributed by atoms with Crippen LogP contribution in [0.1, 0.15) is 24.6 Å². The summed E-state index contributed by atoms with van der Waals surface area (Å²) in [7, 11) is 3.89. The Bertz CT molecular complexity index is 557. The van der Waals surface area contributed by atoms with Crippen LogP contribution in [0.3, 0.4) is 0 Å². The van der Waals surface area contributed by atoms with Crippen molar-refractivity contribution in [3.8, 4) is 0 Å². The first-order valence-electron chi connectivity index (χ1n) is 7.27. The summed E-state index contributed by atoms with van der Waals surface area (Å²) in [6.07, 6.45) is 2.03. The van der Waals surface area contributed by atoms with Crippen molar-refractivity contribution in [3.63, 3.8) is 0 Å². The van der Waals surface area contributed by atoms with E-state index in [0.29, 0.717) is 0 Å². The van der Waals surface area contributed by atoms with E-state index in [0.717, 1.165) is 36.6 Å². The Morgan fingerprint density at radius 1 is 1.19 bits per heavy atom. The van der Waals surface area contributed by atoms with Gasteiger partial charge < -0.3 is 10.2 Å². The Labute approximate surface area is 125 Å². The molecule has 0 radical (unpaired) electrons. The summed E-state index contributed by atoms with van der Waals surface area (Å²) in [5.41, 5.74) is 3.22. The second-order valence-corrected chi connectivity index (χ2v) is 5.14. The molecule has 2 aromatic rings. The lowest BCUT2D eigenvalue weighted by Crippen LogP contribution is -2.14. The molecule has 0 saturated carbocycles. The molecule has 0 saturated heterocycles. The molecule has 0 fully saturated rings. The molecular weight excluding hydrogens is 265 g/mol. The van der Waals surface area contributed by atoms with Crippen molar-refractivity contribution in [2.24, 2.45) is 0 Å². The molecule has 1 N–H and O–H groups in total. The second-order valence-electron chi connectivity index (χ2n) is 5.14. The number of hydrogen-bond donors (Lipinski definition) is 1. The molecule has 0 spiro atoms. The van der Waals surface area contributed by atoms with Crippen LogP contribution >= 0.6 is 0 Å². The molecule has 21 heavy (non-hydrogen) atoms. The van der Waals surface area contributed by atoms with Crippen molar-refractivity contribution >= 4 is 11.5 Å².